The molecule has 0 unspecified atom stereocenters. The van der Waals surface area contributed by atoms with Crippen LogP contribution >= 0.6 is 11.3 Å². The summed E-state index contributed by atoms with van der Waals surface area (Å²) in [5.41, 5.74) is 0.875. The summed E-state index contributed by atoms with van der Waals surface area (Å²) in [4.78, 5) is 27.3. The molecule has 3 aromatic rings. The van der Waals surface area contributed by atoms with Crippen molar-refractivity contribution >= 4 is 33.6 Å². The van der Waals surface area contributed by atoms with Gasteiger partial charge in [0.2, 0.25) is 5.91 Å². The van der Waals surface area contributed by atoms with Crippen LogP contribution in [0.25, 0.3) is 21.0 Å². The Bertz CT molecular complexity index is 967. The van der Waals surface area contributed by atoms with E-state index in [0.717, 1.165) is 15.2 Å². The number of amides is 2. The summed E-state index contributed by atoms with van der Waals surface area (Å²) in [5.74, 6) is 0.703. The molecule has 0 saturated carbocycles. The summed E-state index contributed by atoms with van der Waals surface area (Å²) in [5, 5.41) is 5.40. The smallest absolute Gasteiger partial charge is 0.422 e. The minimum Gasteiger partial charge on any atom is -0.457 e. The zero-order valence-corrected chi connectivity index (χ0v) is 15.7. The lowest BCUT2D eigenvalue weighted by Crippen LogP contribution is -2.32. The number of hydrogen-bond donors (Lipinski definition) is 2. The third kappa shape index (κ3) is 6.21. The van der Waals surface area contributed by atoms with Crippen LogP contribution in [0.2, 0.25) is 0 Å². The highest BCUT2D eigenvalue weighted by Gasteiger charge is 2.29. The summed E-state index contributed by atoms with van der Waals surface area (Å²) in [7, 11) is 0. The number of para-hydroxylation sites is 1. The van der Waals surface area contributed by atoms with Crippen molar-refractivity contribution in [3.05, 3.63) is 42.2 Å². The van der Waals surface area contributed by atoms with E-state index in [1.165, 1.54) is 11.3 Å². The SMILES string of the molecule is O=C(CCNC(=O)OCC(F)(F)F)NCc1ccc(-c2nc3ccccc3s2)o1. The molecule has 1 aromatic carbocycles. The number of carbonyl (C=O) groups excluding carboxylic acids is 2. The molecule has 0 fully saturated rings. The molecule has 29 heavy (non-hydrogen) atoms. The predicted molar refractivity (Wildman–Crippen MR) is 99.2 cm³/mol. The van der Waals surface area contributed by atoms with Crippen molar-refractivity contribution in [1.82, 2.24) is 15.6 Å². The second-order valence-corrected chi connectivity index (χ2v) is 6.93. The number of benzene rings is 1. The molecule has 0 spiro atoms. The average Bonchev–Trinajstić information content (AvgIpc) is 3.30. The monoisotopic (exact) mass is 427 g/mol. The Morgan fingerprint density at radius 1 is 1.14 bits per heavy atom. The molecule has 0 bridgehead atoms. The van der Waals surface area contributed by atoms with Crippen LogP contribution in [0, 0.1) is 0 Å². The number of alkyl carbamates (subject to hydrolysis) is 1. The number of alkyl halides is 3. The van der Waals surface area contributed by atoms with Crippen LogP contribution in [0.15, 0.2) is 40.8 Å². The first kappa shape index (κ1) is 20.6. The fourth-order valence-electron chi connectivity index (χ4n) is 2.32. The van der Waals surface area contributed by atoms with E-state index >= 15 is 0 Å². The van der Waals surface area contributed by atoms with E-state index in [1.54, 1.807) is 12.1 Å². The number of halogens is 3. The molecule has 2 aromatic heterocycles. The first-order valence-electron chi connectivity index (χ1n) is 8.49. The molecule has 154 valence electrons. The average molecular weight is 427 g/mol. The van der Waals surface area contributed by atoms with E-state index in [-0.39, 0.29) is 19.5 Å². The number of carbonyl (C=O) groups is 2. The fraction of sp³-hybridized carbons (Fsp3) is 0.278. The summed E-state index contributed by atoms with van der Waals surface area (Å²) >= 11 is 1.49. The molecule has 0 atom stereocenters. The highest BCUT2D eigenvalue weighted by Crippen LogP contribution is 2.31. The molecule has 11 heteroatoms. The van der Waals surface area contributed by atoms with Crippen LogP contribution in [0.3, 0.4) is 0 Å². The molecule has 7 nitrogen and oxygen atoms in total. The lowest BCUT2D eigenvalue weighted by atomic mass is 10.3. The second-order valence-electron chi connectivity index (χ2n) is 5.90. The summed E-state index contributed by atoms with van der Waals surface area (Å²) < 4.78 is 46.4. The van der Waals surface area contributed by atoms with Gasteiger partial charge in [0, 0.05) is 13.0 Å². The number of ether oxygens (including phenoxy) is 1. The number of hydrogen-bond acceptors (Lipinski definition) is 6. The van der Waals surface area contributed by atoms with Gasteiger partial charge in [-0.25, -0.2) is 9.78 Å². The molecule has 0 radical (unpaired) electrons. The molecule has 0 aliphatic carbocycles. The first-order valence-corrected chi connectivity index (χ1v) is 9.30. The van der Waals surface area contributed by atoms with E-state index < -0.39 is 24.8 Å². The van der Waals surface area contributed by atoms with E-state index in [4.69, 9.17) is 4.42 Å². The molecule has 0 aliphatic rings. The number of nitrogens with one attached hydrogen (secondary N) is 2. The van der Waals surface area contributed by atoms with Crippen molar-refractivity contribution in [3.8, 4) is 10.8 Å². The van der Waals surface area contributed by atoms with Crippen LogP contribution in [-0.4, -0.2) is 36.3 Å². The Morgan fingerprint density at radius 3 is 2.69 bits per heavy atom. The summed E-state index contributed by atoms with van der Waals surface area (Å²) in [6, 6.07) is 11.2. The number of rotatable bonds is 7. The molecule has 2 heterocycles. The molecule has 0 aliphatic heterocycles. The molecule has 2 amide bonds. The van der Waals surface area contributed by atoms with Crippen LogP contribution in [-0.2, 0) is 16.1 Å². The number of furan rings is 1. The Morgan fingerprint density at radius 2 is 1.93 bits per heavy atom. The minimum atomic E-state index is -4.60. The van der Waals surface area contributed by atoms with Crippen molar-refractivity contribution < 1.29 is 31.9 Å². The normalized spacial score (nSPS) is 11.4. The van der Waals surface area contributed by atoms with Gasteiger partial charge in [-0.2, -0.15) is 13.2 Å². The number of thiazole rings is 1. The van der Waals surface area contributed by atoms with Crippen molar-refractivity contribution in [2.75, 3.05) is 13.2 Å². The van der Waals surface area contributed by atoms with Crippen LogP contribution in [0.5, 0.6) is 0 Å². The zero-order valence-electron chi connectivity index (χ0n) is 14.9. The molecular weight excluding hydrogens is 411 g/mol. The Kier molecular flexibility index (Phi) is 6.37. The van der Waals surface area contributed by atoms with Crippen molar-refractivity contribution in [3.63, 3.8) is 0 Å². The van der Waals surface area contributed by atoms with Crippen molar-refractivity contribution in [1.29, 1.82) is 0 Å². The third-order valence-corrected chi connectivity index (χ3v) is 4.67. The molecule has 2 N–H and O–H groups in total. The fourth-order valence-corrected chi connectivity index (χ4v) is 3.24. The maximum atomic E-state index is 11.9. The number of nitrogens with zero attached hydrogens (tertiary/aromatic N) is 1. The van der Waals surface area contributed by atoms with E-state index in [9.17, 15) is 22.8 Å². The topological polar surface area (TPSA) is 93.5 Å². The quantitative estimate of drug-likeness (QED) is 0.597. The van der Waals surface area contributed by atoms with Gasteiger partial charge in [0.05, 0.1) is 16.8 Å². The summed E-state index contributed by atoms with van der Waals surface area (Å²) in [6.45, 7) is -1.71. The van der Waals surface area contributed by atoms with Gasteiger partial charge in [-0.15, -0.1) is 11.3 Å². The van der Waals surface area contributed by atoms with Gasteiger partial charge in [-0.05, 0) is 24.3 Å². The van der Waals surface area contributed by atoms with Crippen LogP contribution in [0.1, 0.15) is 12.2 Å². The highest BCUT2D eigenvalue weighted by atomic mass is 32.1. The van der Waals surface area contributed by atoms with Gasteiger partial charge in [0.1, 0.15) is 5.76 Å². The van der Waals surface area contributed by atoms with Gasteiger partial charge < -0.3 is 19.8 Å². The second kappa shape index (κ2) is 8.95. The van der Waals surface area contributed by atoms with Crippen molar-refractivity contribution in [2.45, 2.75) is 19.1 Å². The lowest BCUT2D eigenvalue weighted by Gasteiger charge is -2.09. The molecule has 0 saturated heterocycles. The van der Waals surface area contributed by atoms with Crippen LogP contribution < -0.4 is 10.6 Å². The Hall–Kier alpha value is -3.08. The largest absolute Gasteiger partial charge is 0.457 e. The van der Waals surface area contributed by atoms with Gasteiger partial charge in [-0.3, -0.25) is 4.79 Å². The number of fused-ring (bicyclic) bond motifs is 1. The van der Waals surface area contributed by atoms with Gasteiger partial charge >= 0.3 is 12.3 Å². The van der Waals surface area contributed by atoms with Gasteiger partial charge in [-0.1, -0.05) is 12.1 Å². The van der Waals surface area contributed by atoms with Crippen LogP contribution in [0.4, 0.5) is 18.0 Å². The first-order chi connectivity index (χ1) is 13.8. The molecular formula is C18H16F3N3O4S. The highest BCUT2D eigenvalue weighted by molar-refractivity contribution is 7.21. The predicted octanol–water partition coefficient (Wildman–Crippen LogP) is 3.85. The number of aromatic nitrogens is 1. The Balaban J connectivity index is 1.41. The Labute approximate surface area is 166 Å². The lowest BCUT2D eigenvalue weighted by molar-refractivity contribution is -0.160. The van der Waals surface area contributed by atoms with Gasteiger partial charge in [0.25, 0.3) is 0 Å². The maximum Gasteiger partial charge on any atom is 0.422 e. The van der Waals surface area contributed by atoms with E-state index in [1.807, 2.05) is 24.3 Å². The van der Waals surface area contributed by atoms with E-state index in [0.29, 0.717) is 11.5 Å². The van der Waals surface area contributed by atoms with Crippen molar-refractivity contribution in [2.24, 2.45) is 0 Å². The molecule has 3 rings (SSSR count). The standard InChI is InChI=1S/C18H16F3N3O4S/c19-18(20,21)10-27-17(26)22-8-7-15(25)23-9-11-5-6-13(28-11)16-24-12-3-1-2-4-14(12)29-16/h1-6H,7-10H2,(H,22,26)(H,23,25). The van der Waals surface area contributed by atoms with Gasteiger partial charge in [0.15, 0.2) is 17.4 Å². The maximum absolute atomic E-state index is 11.9. The van der Waals surface area contributed by atoms with E-state index in [2.05, 4.69) is 20.4 Å². The third-order valence-electron chi connectivity index (χ3n) is 3.61. The zero-order chi connectivity index (χ0) is 20.9. The minimum absolute atomic E-state index is 0.118. The summed E-state index contributed by atoms with van der Waals surface area (Å²) in [6.07, 6.45) is -5.95.